The maximum Gasteiger partial charge on any atom is 0.273 e. The average Bonchev–Trinajstić information content (AvgIpc) is 2.57. The molecular weight excluding hydrogens is 278 g/mol. The molecule has 1 saturated carbocycles. The van der Waals surface area contributed by atoms with Gasteiger partial charge in [0, 0.05) is 16.2 Å². The van der Waals surface area contributed by atoms with Gasteiger partial charge in [0.1, 0.15) is 4.90 Å². The van der Waals surface area contributed by atoms with Gasteiger partial charge in [-0.25, -0.2) is 8.42 Å². The minimum atomic E-state index is -3.99. The fourth-order valence-electron chi connectivity index (χ4n) is 2.04. The van der Waals surface area contributed by atoms with Crippen LogP contribution in [0.2, 0.25) is 0 Å². The van der Waals surface area contributed by atoms with Gasteiger partial charge >= 0.3 is 0 Å². The molecule has 18 heavy (non-hydrogen) atoms. The van der Waals surface area contributed by atoms with Crippen molar-refractivity contribution in [3.8, 4) is 0 Å². The summed E-state index contributed by atoms with van der Waals surface area (Å²) < 4.78 is 22.8. The Hall–Kier alpha value is -1.08. The van der Waals surface area contributed by atoms with E-state index in [0.29, 0.717) is 0 Å². The summed E-state index contributed by atoms with van der Waals surface area (Å²) in [4.78, 5) is 11.8. The smallest absolute Gasteiger partial charge is 0.273 e. The standard InChI is InChI=1S/C10H14ClN3O3S/c1-6-8(18(11,16)17)7(14-13-6)9(15)12-10(2)4-3-5-10/h3-5H2,1-2H3,(H,12,15)(H,13,14). The maximum atomic E-state index is 12.0. The zero-order valence-corrected chi connectivity index (χ0v) is 11.7. The first-order valence-corrected chi connectivity index (χ1v) is 7.86. The third kappa shape index (κ3) is 2.37. The molecule has 1 aromatic rings. The summed E-state index contributed by atoms with van der Waals surface area (Å²) in [7, 11) is 1.31. The van der Waals surface area contributed by atoms with Crippen molar-refractivity contribution in [2.75, 3.05) is 0 Å². The number of hydrogen-bond donors (Lipinski definition) is 2. The second kappa shape index (κ2) is 4.24. The highest BCUT2D eigenvalue weighted by Crippen LogP contribution is 2.31. The lowest BCUT2D eigenvalue weighted by Gasteiger charge is -2.38. The van der Waals surface area contributed by atoms with Crippen LogP contribution in [0.15, 0.2) is 4.90 Å². The Labute approximate surface area is 110 Å². The Balaban J connectivity index is 2.31. The van der Waals surface area contributed by atoms with Crippen LogP contribution in [0.25, 0.3) is 0 Å². The Kier molecular flexibility index (Phi) is 3.14. The molecule has 1 aliphatic carbocycles. The third-order valence-corrected chi connectivity index (χ3v) is 4.67. The zero-order chi connectivity index (χ0) is 13.6. The van der Waals surface area contributed by atoms with E-state index in [1.807, 2.05) is 6.92 Å². The van der Waals surface area contributed by atoms with E-state index in [4.69, 9.17) is 10.7 Å². The molecule has 1 aliphatic rings. The van der Waals surface area contributed by atoms with E-state index in [0.717, 1.165) is 19.3 Å². The van der Waals surface area contributed by atoms with Gasteiger partial charge < -0.3 is 5.32 Å². The summed E-state index contributed by atoms with van der Waals surface area (Å²) in [5.41, 5.74) is -0.179. The summed E-state index contributed by atoms with van der Waals surface area (Å²) in [5.74, 6) is -0.513. The molecule has 0 bridgehead atoms. The van der Waals surface area contributed by atoms with Crippen LogP contribution in [-0.2, 0) is 9.05 Å². The van der Waals surface area contributed by atoms with Crippen LogP contribution in [0.4, 0.5) is 0 Å². The van der Waals surface area contributed by atoms with Gasteiger partial charge in [0.2, 0.25) is 0 Å². The van der Waals surface area contributed by atoms with Crippen molar-refractivity contribution in [3.05, 3.63) is 11.4 Å². The fraction of sp³-hybridized carbons (Fsp3) is 0.600. The van der Waals surface area contributed by atoms with Gasteiger partial charge in [-0.3, -0.25) is 9.89 Å². The third-order valence-electron chi connectivity index (χ3n) is 3.22. The number of halogens is 1. The van der Waals surface area contributed by atoms with E-state index in [1.165, 1.54) is 6.92 Å². The van der Waals surface area contributed by atoms with E-state index < -0.39 is 15.0 Å². The SMILES string of the molecule is Cc1[nH]nc(C(=O)NC2(C)CCC2)c1S(=O)(=O)Cl. The summed E-state index contributed by atoms with van der Waals surface area (Å²) in [6.07, 6.45) is 2.81. The first-order valence-electron chi connectivity index (χ1n) is 5.55. The van der Waals surface area contributed by atoms with Gasteiger partial charge in [-0.2, -0.15) is 5.10 Å². The summed E-state index contributed by atoms with van der Waals surface area (Å²) >= 11 is 0. The number of hydrogen-bond acceptors (Lipinski definition) is 4. The summed E-state index contributed by atoms with van der Waals surface area (Å²) in [6.45, 7) is 3.42. The second-order valence-corrected chi connectivity index (χ2v) is 7.34. The molecule has 1 amide bonds. The minimum absolute atomic E-state index is 0.171. The van der Waals surface area contributed by atoms with Gasteiger partial charge in [-0.05, 0) is 33.1 Å². The summed E-state index contributed by atoms with van der Waals surface area (Å²) in [5, 5.41) is 8.99. The molecule has 0 atom stereocenters. The first kappa shape index (κ1) is 13.4. The molecule has 0 saturated heterocycles. The molecule has 1 heterocycles. The minimum Gasteiger partial charge on any atom is -0.345 e. The predicted molar refractivity (Wildman–Crippen MR) is 66.1 cm³/mol. The number of aryl methyl sites for hydroxylation is 1. The maximum absolute atomic E-state index is 12.0. The topological polar surface area (TPSA) is 91.9 Å². The first-order chi connectivity index (χ1) is 8.23. The number of rotatable bonds is 3. The van der Waals surface area contributed by atoms with Gasteiger partial charge in [-0.15, -0.1) is 0 Å². The number of carbonyl (C=O) groups excluding carboxylic acids is 1. The number of H-pyrrole nitrogens is 1. The van der Waals surface area contributed by atoms with E-state index in [1.54, 1.807) is 0 Å². The Morgan fingerprint density at radius 2 is 2.11 bits per heavy atom. The number of aromatic nitrogens is 2. The molecule has 0 aliphatic heterocycles. The van der Waals surface area contributed by atoms with Crippen LogP contribution in [0.3, 0.4) is 0 Å². The molecular formula is C10H14ClN3O3S. The number of amides is 1. The van der Waals surface area contributed by atoms with Gasteiger partial charge in [-0.1, -0.05) is 0 Å². The normalized spacial score (nSPS) is 18.2. The quantitative estimate of drug-likeness (QED) is 0.822. The lowest BCUT2D eigenvalue weighted by Crippen LogP contribution is -2.51. The largest absolute Gasteiger partial charge is 0.345 e. The Morgan fingerprint density at radius 3 is 2.56 bits per heavy atom. The molecule has 0 unspecified atom stereocenters. The van der Waals surface area contributed by atoms with Crippen LogP contribution >= 0.6 is 10.7 Å². The van der Waals surface area contributed by atoms with Crippen LogP contribution in [-0.4, -0.2) is 30.1 Å². The predicted octanol–water partition coefficient (Wildman–Crippen LogP) is 1.32. The Morgan fingerprint density at radius 1 is 1.50 bits per heavy atom. The van der Waals surface area contributed by atoms with Gasteiger partial charge in [0.15, 0.2) is 5.69 Å². The molecule has 0 aromatic carbocycles. The molecule has 8 heteroatoms. The lowest BCUT2D eigenvalue weighted by molar-refractivity contribution is 0.0841. The van der Waals surface area contributed by atoms with Crippen LogP contribution in [0.5, 0.6) is 0 Å². The highest BCUT2D eigenvalue weighted by atomic mass is 35.7. The van der Waals surface area contributed by atoms with Gasteiger partial charge in [0.25, 0.3) is 15.0 Å². The van der Waals surface area contributed by atoms with E-state index in [-0.39, 0.29) is 21.8 Å². The summed E-state index contributed by atoms with van der Waals surface area (Å²) in [6, 6.07) is 0. The second-order valence-electron chi connectivity index (χ2n) is 4.83. The molecule has 1 fully saturated rings. The van der Waals surface area contributed by atoms with Crippen molar-refractivity contribution in [1.29, 1.82) is 0 Å². The van der Waals surface area contributed by atoms with Crippen molar-refractivity contribution in [2.45, 2.75) is 43.5 Å². The molecule has 6 nitrogen and oxygen atoms in total. The number of nitrogens with one attached hydrogen (secondary N) is 2. The fourth-order valence-corrected chi connectivity index (χ4v) is 3.38. The average molecular weight is 292 g/mol. The zero-order valence-electron chi connectivity index (χ0n) is 10.1. The van der Waals surface area contributed by atoms with E-state index in [9.17, 15) is 13.2 Å². The number of aromatic amines is 1. The van der Waals surface area contributed by atoms with Crippen LogP contribution in [0.1, 0.15) is 42.4 Å². The molecule has 0 radical (unpaired) electrons. The van der Waals surface area contributed by atoms with Crippen molar-refractivity contribution in [2.24, 2.45) is 0 Å². The van der Waals surface area contributed by atoms with Crippen molar-refractivity contribution in [1.82, 2.24) is 15.5 Å². The van der Waals surface area contributed by atoms with Gasteiger partial charge in [0.05, 0.1) is 5.69 Å². The number of carbonyl (C=O) groups is 1. The molecule has 0 spiro atoms. The van der Waals surface area contributed by atoms with Crippen molar-refractivity contribution in [3.63, 3.8) is 0 Å². The van der Waals surface area contributed by atoms with E-state index in [2.05, 4.69) is 15.5 Å². The van der Waals surface area contributed by atoms with Crippen LogP contribution in [0, 0.1) is 6.92 Å². The highest BCUT2D eigenvalue weighted by Gasteiger charge is 2.36. The molecule has 1 aromatic heterocycles. The monoisotopic (exact) mass is 291 g/mol. The van der Waals surface area contributed by atoms with Crippen LogP contribution < -0.4 is 5.32 Å². The Bertz CT molecular complexity index is 590. The molecule has 100 valence electrons. The molecule has 2 N–H and O–H groups in total. The molecule has 2 rings (SSSR count). The lowest BCUT2D eigenvalue weighted by atomic mass is 9.78. The van der Waals surface area contributed by atoms with E-state index >= 15 is 0 Å². The number of nitrogens with zero attached hydrogens (tertiary/aromatic N) is 1. The van der Waals surface area contributed by atoms with Crippen molar-refractivity contribution >= 4 is 25.6 Å². The highest BCUT2D eigenvalue weighted by molar-refractivity contribution is 8.13. The van der Waals surface area contributed by atoms with Crippen molar-refractivity contribution < 1.29 is 13.2 Å².